The molecule has 1 unspecified atom stereocenters. The molecule has 1 rings (SSSR count). The van der Waals surface area contributed by atoms with Crippen molar-refractivity contribution in [3.05, 3.63) is 0 Å². The van der Waals surface area contributed by atoms with Crippen LogP contribution in [-0.4, -0.2) is 41.7 Å². The van der Waals surface area contributed by atoms with Crippen LogP contribution in [0.3, 0.4) is 0 Å². The Balaban J connectivity index is 2.99. The first-order chi connectivity index (χ1) is 8.62. The van der Waals surface area contributed by atoms with Crippen LogP contribution >= 0.6 is 0 Å². The molecule has 1 heterocycles. The van der Waals surface area contributed by atoms with E-state index in [1.54, 1.807) is 7.05 Å². The first-order valence-electron chi connectivity index (χ1n) is 5.78. The smallest absolute Gasteiger partial charge is 0.323 e. The van der Waals surface area contributed by atoms with Gasteiger partial charge in [0.05, 0.1) is 19.1 Å². The van der Waals surface area contributed by atoms with Crippen LogP contribution in [0.5, 0.6) is 6.01 Å². The standard InChI is InChI=1S/C11H18N6O/c1-5-18-11-15-9(13-3)14-10(16-11)17(4)8(2)6-7-12/h8H,5-6H2,1-4H3,(H,13,14,15,16). The molecule has 0 saturated heterocycles. The molecule has 0 aliphatic carbocycles. The summed E-state index contributed by atoms with van der Waals surface area (Å²) in [5, 5.41) is 11.6. The monoisotopic (exact) mass is 250 g/mol. The van der Waals surface area contributed by atoms with E-state index in [2.05, 4.69) is 26.3 Å². The molecule has 1 aromatic heterocycles. The molecule has 0 radical (unpaired) electrons. The maximum atomic E-state index is 8.71. The Morgan fingerprint density at radius 1 is 1.44 bits per heavy atom. The average molecular weight is 250 g/mol. The molecule has 7 nitrogen and oxygen atoms in total. The van der Waals surface area contributed by atoms with E-state index in [-0.39, 0.29) is 12.1 Å². The number of hydrogen-bond acceptors (Lipinski definition) is 7. The lowest BCUT2D eigenvalue weighted by Gasteiger charge is -2.23. The lowest BCUT2D eigenvalue weighted by Crippen LogP contribution is -2.30. The summed E-state index contributed by atoms with van der Waals surface area (Å²) in [4.78, 5) is 14.4. The summed E-state index contributed by atoms with van der Waals surface area (Å²) in [5.74, 6) is 0.931. The van der Waals surface area contributed by atoms with E-state index in [0.717, 1.165) is 0 Å². The van der Waals surface area contributed by atoms with Gasteiger partial charge in [-0.25, -0.2) is 0 Å². The second-order valence-corrected chi connectivity index (χ2v) is 3.75. The van der Waals surface area contributed by atoms with Gasteiger partial charge in [0.25, 0.3) is 0 Å². The van der Waals surface area contributed by atoms with Crippen LogP contribution in [-0.2, 0) is 0 Å². The van der Waals surface area contributed by atoms with Gasteiger partial charge in [-0.2, -0.15) is 20.2 Å². The van der Waals surface area contributed by atoms with Gasteiger partial charge in [-0.3, -0.25) is 0 Å². The summed E-state index contributed by atoms with van der Waals surface area (Å²) in [7, 11) is 3.57. The molecule has 0 aliphatic rings. The summed E-state index contributed by atoms with van der Waals surface area (Å²) in [6.07, 6.45) is 0.404. The Labute approximate surface area is 107 Å². The molecule has 0 fully saturated rings. The zero-order valence-corrected chi connectivity index (χ0v) is 11.1. The molecule has 0 aromatic carbocycles. The molecule has 0 bridgehead atoms. The third-order valence-corrected chi connectivity index (χ3v) is 2.46. The van der Waals surface area contributed by atoms with Gasteiger partial charge in [0.15, 0.2) is 0 Å². The highest BCUT2D eigenvalue weighted by Gasteiger charge is 2.15. The fraction of sp³-hybridized carbons (Fsp3) is 0.636. The summed E-state index contributed by atoms with van der Waals surface area (Å²) in [6, 6.07) is 2.43. The van der Waals surface area contributed by atoms with E-state index in [0.29, 0.717) is 24.9 Å². The fourth-order valence-electron chi connectivity index (χ4n) is 1.28. The lowest BCUT2D eigenvalue weighted by atomic mass is 10.2. The van der Waals surface area contributed by atoms with Crippen molar-refractivity contribution in [2.24, 2.45) is 0 Å². The first kappa shape index (κ1) is 14.0. The predicted molar refractivity (Wildman–Crippen MR) is 68.6 cm³/mol. The normalized spacial score (nSPS) is 11.5. The first-order valence-corrected chi connectivity index (χ1v) is 5.78. The second-order valence-electron chi connectivity index (χ2n) is 3.75. The third kappa shape index (κ3) is 3.45. The van der Waals surface area contributed by atoms with E-state index in [9.17, 15) is 0 Å². The summed E-state index contributed by atoms with van der Waals surface area (Å²) >= 11 is 0. The molecule has 0 amide bonds. The van der Waals surface area contributed by atoms with Crippen LogP contribution in [0, 0.1) is 11.3 Å². The average Bonchev–Trinajstić information content (AvgIpc) is 2.38. The molecule has 1 N–H and O–H groups in total. The number of nitrogens with one attached hydrogen (secondary N) is 1. The molecular formula is C11H18N6O. The quantitative estimate of drug-likeness (QED) is 0.807. The van der Waals surface area contributed by atoms with Crippen molar-refractivity contribution in [1.82, 2.24) is 15.0 Å². The largest absolute Gasteiger partial charge is 0.464 e. The SMILES string of the molecule is CCOc1nc(NC)nc(N(C)C(C)CC#N)n1. The molecule has 0 spiro atoms. The Morgan fingerprint density at radius 3 is 2.72 bits per heavy atom. The van der Waals surface area contributed by atoms with Crippen LogP contribution in [0.2, 0.25) is 0 Å². The number of nitriles is 1. The van der Waals surface area contributed by atoms with Crippen LogP contribution in [0.1, 0.15) is 20.3 Å². The number of anilines is 2. The van der Waals surface area contributed by atoms with E-state index in [1.165, 1.54) is 0 Å². The van der Waals surface area contributed by atoms with Gasteiger partial charge in [-0.05, 0) is 13.8 Å². The molecule has 98 valence electrons. The van der Waals surface area contributed by atoms with Crippen LogP contribution in [0.15, 0.2) is 0 Å². The molecular weight excluding hydrogens is 232 g/mol. The summed E-state index contributed by atoms with van der Waals surface area (Å²) < 4.78 is 5.28. The molecule has 1 aromatic rings. The highest BCUT2D eigenvalue weighted by molar-refractivity contribution is 5.38. The number of ether oxygens (including phenoxy) is 1. The minimum absolute atomic E-state index is 0.0246. The highest BCUT2D eigenvalue weighted by Crippen LogP contribution is 2.16. The van der Waals surface area contributed by atoms with E-state index in [1.807, 2.05) is 25.8 Å². The van der Waals surface area contributed by atoms with Gasteiger partial charge in [-0.15, -0.1) is 0 Å². The van der Waals surface area contributed by atoms with E-state index in [4.69, 9.17) is 10.00 Å². The van der Waals surface area contributed by atoms with Gasteiger partial charge in [0, 0.05) is 20.1 Å². The van der Waals surface area contributed by atoms with Crippen molar-refractivity contribution in [3.63, 3.8) is 0 Å². The van der Waals surface area contributed by atoms with Crippen molar-refractivity contribution in [2.75, 3.05) is 30.9 Å². The topological polar surface area (TPSA) is 87.0 Å². The molecule has 1 atom stereocenters. The van der Waals surface area contributed by atoms with Crippen LogP contribution in [0.25, 0.3) is 0 Å². The fourth-order valence-corrected chi connectivity index (χ4v) is 1.28. The minimum Gasteiger partial charge on any atom is -0.464 e. The zero-order chi connectivity index (χ0) is 13.5. The van der Waals surface area contributed by atoms with Gasteiger partial charge in [-0.1, -0.05) is 0 Å². The molecule has 7 heteroatoms. The molecule has 0 aliphatic heterocycles. The number of nitrogens with zero attached hydrogens (tertiary/aromatic N) is 5. The van der Waals surface area contributed by atoms with Crippen molar-refractivity contribution in [3.8, 4) is 12.1 Å². The molecule has 18 heavy (non-hydrogen) atoms. The van der Waals surface area contributed by atoms with Crippen molar-refractivity contribution in [1.29, 1.82) is 5.26 Å². The van der Waals surface area contributed by atoms with Gasteiger partial charge >= 0.3 is 6.01 Å². The minimum atomic E-state index is 0.0246. The van der Waals surface area contributed by atoms with Gasteiger partial charge < -0.3 is 15.0 Å². The van der Waals surface area contributed by atoms with E-state index < -0.39 is 0 Å². The summed E-state index contributed by atoms with van der Waals surface area (Å²) in [6.45, 7) is 4.29. The second kappa shape index (κ2) is 6.59. The Kier molecular flexibility index (Phi) is 5.11. The van der Waals surface area contributed by atoms with Crippen molar-refractivity contribution < 1.29 is 4.74 Å². The number of aromatic nitrogens is 3. The maximum absolute atomic E-state index is 8.71. The van der Waals surface area contributed by atoms with Gasteiger partial charge in [0.1, 0.15) is 0 Å². The van der Waals surface area contributed by atoms with Crippen molar-refractivity contribution >= 4 is 11.9 Å². The Bertz CT molecular complexity index is 430. The van der Waals surface area contributed by atoms with Gasteiger partial charge in [0.2, 0.25) is 11.9 Å². The van der Waals surface area contributed by atoms with Crippen LogP contribution in [0.4, 0.5) is 11.9 Å². The summed E-state index contributed by atoms with van der Waals surface area (Å²) in [5.41, 5.74) is 0. The molecule has 0 saturated carbocycles. The number of rotatable bonds is 6. The third-order valence-electron chi connectivity index (χ3n) is 2.46. The maximum Gasteiger partial charge on any atom is 0.323 e. The van der Waals surface area contributed by atoms with E-state index >= 15 is 0 Å². The Hall–Kier alpha value is -2.10. The lowest BCUT2D eigenvalue weighted by molar-refractivity contribution is 0.312. The van der Waals surface area contributed by atoms with Crippen molar-refractivity contribution in [2.45, 2.75) is 26.3 Å². The highest BCUT2D eigenvalue weighted by atomic mass is 16.5. The number of hydrogen-bond donors (Lipinski definition) is 1. The zero-order valence-electron chi connectivity index (χ0n) is 11.1. The Morgan fingerprint density at radius 2 is 2.17 bits per heavy atom. The van der Waals surface area contributed by atoms with Crippen LogP contribution < -0.4 is 15.0 Å². The predicted octanol–water partition coefficient (Wildman–Crippen LogP) is 1.05.